The van der Waals surface area contributed by atoms with E-state index in [2.05, 4.69) is 11.6 Å². The highest BCUT2D eigenvalue weighted by Gasteiger charge is 2.41. The molecule has 0 atom stereocenters. The Hall–Kier alpha value is -0.363. The van der Waals surface area contributed by atoms with Crippen molar-refractivity contribution >= 4 is 8.97 Å². The Morgan fingerprint density at radius 3 is 1.69 bits per heavy atom. The van der Waals surface area contributed by atoms with E-state index in [1.54, 1.807) is 6.20 Å². The monoisotopic (exact) mass is 205 g/mol. The van der Waals surface area contributed by atoms with Gasteiger partial charge in [-0.15, -0.1) is 0 Å². The quantitative estimate of drug-likeness (QED) is 0.606. The highest BCUT2D eigenvalue weighted by Crippen LogP contribution is 2.05. The maximum Gasteiger partial charge on any atom is 0.630 e. The summed E-state index contributed by atoms with van der Waals surface area (Å²) in [6.45, 7) is 11.0. The van der Waals surface area contributed by atoms with Gasteiger partial charge in [-0.25, -0.2) is 0 Å². The summed E-state index contributed by atoms with van der Waals surface area (Å²) in [6, 6.07) is 0. The van der Waals surface area contributed by atoms with Crippen LogP contribution in [0.5, 0.6) is 0 Å². The molecule has 1 N–H and O–H groups in total. The smallest absolute Gasteiger partial charge is 0.357 e. The van der Waals surface area contributed by atoms with Crippen LogP contribution in [-0.2, 0) is 13.3 Å². The molecule has 0 amide bonds. The lowest BCUT2D eigenvalue weighted by molar-refractivity contribution is 0.0642. The maximum absolute atomic E-state index is 5.46. The van der Waals surface area contributed by atoms with Gasteiger partial charge in [0.1, 0.15) is 0 Å². The van der Waals surface area contributed by atoms with Crippen molar-refractivity contribution < 1.29 is 13.3 Å². The Morgan fingerprint density at radius 2 is 1.46 bits per heavy atom. The molecule has 0 aliphatic carbocycles. The summed E-state index contributed by atoms with van der Waals surface area (Å²) in [5, 5.41) is 0. The third-order valence-corrected chi connectivity index (χ3v) is 3.85. The zero-order valence-corrected chi connectivity index (χ0v) is 9.63. The average Bonchev–Trinajstić information content (AvgIpc) is 2.06. The van der Waals surface area contributed by atoms with Crippen molar-refractivity contribution in [1.29, 1.82) is 0 Å². The van der Waals surface area contributed by atoms with Crippen molar-refractivity contribution in [2.45, 2.75) is 20.8 Å². The molecule has 0 aliphatic heterocycles. The van der Waals surface area contributed by atoms with E-state index in [0.717, 1.165) is 0 Å². The average molecular weight is 205 g/mol. The molecule has 5 heteroatoms. The summed E-state index contributed by atoms with van der Waals surface area (Å²) < 4.78 is 16.4. The molecule has 0 rings (SSSR count). The van der Waals surface area contributed by atoms with Crippen molar-refractivity contribution in [1.82, 2.24) is 4.98 Å². The van der Waals surface area contributed by atoms with Crippen LogP contribution in [0.15, 0.2) is 12.8 Å². The lowest BCUT2D eigenvalue weighted by atomic mass is 10.9. The van der Waals surface area contributed by atoms with Gasteiger partial charge in [-0.2, -0.15) is 0 Å². The van der Waals surface area contributed by atoms with Crippen LogP contribution in [0.3, 0.4) is 0 Å². The summed E-state index contributed by atoms with van der Waals surface area (Å²) in [6.07, 6.45) is 1.55. The molecule has 0 aromatic rings. The minimum absolute atomic E-state index is 0.563. The molecular weight excluding hydrogens is 186 g/mol. The van der Waals surface area contributed by atoms with Gasteiger partial charge in [-0.05, 0) is 27.0 Å². The molecule has 0 unspecified atom stereocenters. The molecule has 78 valence electrons. The topological polar surface area (TPSA) is 39.7 Å². The SMILES string of the molecule is C=CN[Si](OCC)(OCC)OCC. The molecule has 0 fully saturated rings. The van der Waals surface area contributed by atoms with E-state index in [1.165, 1.54) is 0 Å². The van der Waals surface area contributed by atoms with Gasteiger partial charge < -0.3 is 18.3 Å². The summed E-state index contributed by atoms with van der Waals surface area (Å²) >= 11 is 0. The fraction of sp³-hybridized carbons (Fsp3) is 0.750. The van der Waals surface area contributed by atoms with Crippen molar-refractivity contribution in [3.63, 3.8) is 0 Å². The van der Waals surface area contributed by atoms with Gasteiger partial charge in [0.15, 0.2) is 0 Å². The summed E-state index contributed by atoms with van der Waals surface area (Å²) in [5.41, 5.74) is 0. The third kappa shape index (κ3) is 4.42. The van der Waals surface area contributed by atoms with Crippen LogP contribution in [0.25, 0.3) is 0 Å². The second kappa shape index (κ2) is 7.08. The molecule has 0 saturated heterocycles. The first kappa shape index (κ1) is 12.6. The first-order valence-corrected chi connectivity index (χ1v) is 6.27. The predicted molar refractivity (Wildman–Crippen MR) is 54.0 cm³/mol. The van der Waals surface area contributed by atoms with E-state index < -0.39 is 8.97 Å². The summed E-state index contributed by atoms with van der Waals surface area (Å²) in [4.78, 5) is 2.94. The van der Waals surface area contributed by atoms with E-state index in [4.69, 9.17) is 13.3 Å². The van der Waals surface area contributed by atoms with E-state index in [9.17, 15) is 0 Å². The number of rotatable bonds is 8. The Bertz CT molecular complexity index is 126. The summed E-state index contributed by atoms with van der Waals surface area (Å²) in [5.74, 6) is 0. The van der Waals surface area contributed by atoms with Crippen molar-refractivity contribution in [3.8, 4) is 0 Å². The highest BCUT2D eigenvalue weighted by atomic mass is 28.4. The minimum atomic E-state index is -2.66. The lowest BCUT2D eigenvalue weighted by Gasteiger charge is -2.26. The third-order valence-electron chi connectivity index (χ3n) is 1.28. The molecule has 0 saturated carbocycles. The Kier molecular flexibility index (Phi) is 6.88. The van der Waals surface area contributed by atoms with Crippen LogP contribution in [0.1, 0.15) is 20.8 Å². The zero-order chi connectivity index (χ0) is 10.2. The fourth-order valence-electron chi connectivity index (χ4n) is 0.945. The predicted octanol–water partition coefficient (Wildman–Crippen LogP) is 1.26. The van der Waals surface area contributed by atoms with Crippen molar-refractivity contribution in [2.24, 2.45) is 0 Å². The number of nitrogens with one attached hydrogen (secondary N) is 1. The van der Waals surface area contributed by atoms with E-state index >= 15 is 0 Å². The van der Waals surface area contributed by atoms with Crippen molar-refractivity contribution in [3.05, 3.63) is 12.8 Å². The van der Waals surface area contributed by atoms with Gasteiger partial charge in [-0.3, -0.25) is 0 Å². The molecule has 0 bridgehead atoms. The van der Waals surface area contributed by atoms with Crippen LogP contribution >= 0.6 is 0 Å². The first-order chi connectivity index (χ1) is 6.24. The van der Waals surface area contributed by atoms with Gasteiger partial charge in [0.05, 0.1) is 0 Å². The van der Waals surface area contributed by atoms with Crippen LogP contribution < -0.4 is 4.98 Å². The van der Waals surface area contributed by atoms with Gasteiger partial charge in [0.25, 0.3) is 0 Å². The van der Waals surface area contributed by atoms with Gasteiger partial charge in [0, 0.05) is 19.8 Å². The number of hydrogen-bond acceptors (Lipinski definition) is 4. The molecular formula is C8H19NO3Si. The minimum Gasteiger partial charge on any atom is -0.357 e. The van der Waals surface area contributed by atoms with E-state index in [0.29, 0.717) is 19.8 Å². The zero-order valence-electron chi connectivity index (χ0n) is 8.63. The largest absolute Gasteiger partial charge is 0.630 e. The molecule has 0 aromatic heterocycles. The Balaban J connectivity index is 4.27. The summed E-state index contributed by atoms with van der Waals surface area (Å²) in [7, 11) is -2.66. The second-order valence-electron chi connectivity index (χ2n) is 2.20. The molecule has 13 heavy (non-hydrogen) atoms. The number of hydrogen-bond donors (Lipinski definition) is 1. The Labute approximate surface area is 81.3 Å². The fourth-order valence-corrected chi connectivity index (χ4v) is 2.84. The van der Waals surface area contributed by atoms with E-state index in [1.807, 2.05) is 20.8 Å². The second-order valence-corrected chi connectivity index (χ2v) is 4.47. The highest BCUT2D eigenvalue weighted by molar-refractivity contribution is 6.58. The first-order valence-electron chi connectivity index (χ1n) is 4.55. The maximum atomic E-state index is 5.46. The molecule has 0 aromatic carbocycles. The molecule has 4 nitrogen and oxygen atoms in total. The standard InChI is InChI=1S/C8H19NO3Si/c1-5-9-13(10-6-2,11-7-3)12-8-4/h5,9H,1,6-8H2,2-4H3. The lowest BCUT2D eigenvalue weighted by Crippen LogP contribution is -2.57. The van der Waals surface area contributed by atoms with Gasteiger partial charge >= 0.3 is 8.97 Å². The van der Waals surface area contributed by atoms with Gasteiger partial charge in [0.2, 0.25) is 0 Å². The molecule has 0 radical (unpaired) electrons. The van der Waals surface area contributed by atoms with Crippen molar-refractivity contribution in [2.75, 3.05) is 19.8 Å². The van der Waals surface area contributed by atoms with Crippen LogP contribution in [0, 0.1) is 0 Å². The molecule has 0 spiro atoms. The molecule has 0 aliphatic rings. The van der Waals surface area contributed by atoms with Crippen LogP contribution in [0.4, 0.5) is 0 Å². The van der Waals surface area contributed by atoms with Crippen LogP contribution in [-0.4, -0.2) is 28.8 Å². The normalized spacial score (nSPS) is 11.3. The van der Waals surface area contributed by atoms with Crippen LogP contribution in [0.2, 0.25) is 0 Å². The Morgan fingerprint density at radius 1 is 1.08 bits per heavy atom. The molecule has 0 heterocycles. The van der Waals surface area contributed by atoms with E-state index in [-0.39, 0.29) is 0 Å². The van der Waals surface area contributed by atoms with Gasteiger partial charge in [-0.1, -0.05) is 6.58 Å².